The highest BCUT2D eigenvalue weighted by Crippen LogP contribution is 2.31. The molecule has 1 N–H and O–H groups in total. The van der Waals surface area contributed by atoms with Crippen LogP contribution in [0.25, 0.3) is 0 Å². The van der Waals surface area contributed by atoms with Gasteiger partial charge in [-0.1, -0.05) is 43.7 Å². The fourth-order valence-electron chi connectivity index (χ4n) is 2.76. The van der Waals surface area contributed by atoms with E-state index in [1.807, 2.05) is 24.3 Å². The van der Waals surface area contributed by atoms with Crippen LogP contribution in [0.3, 0.4) is 0 Å². The van der Waals surface area contributed by atoms with Crippen LogP contribution in [-0.2, 0) is 4.74 Å². The molecule has 2 nitrogen and oxygen atoms in total. The lowest BCUT2D eigenvalue weighted by molar-refractivity contribution is -0.0397. The van der Waals surface area contributed by atoms with E-state index in [1.165, 1.54) is 12.0 Å². The van der Waals surface area contributed by atoms with Gasteiger partial charge in [-0.3, -0.25) is 0 Å². The van der Waals surface area contributed by atoms with Crippen molar-refractivity contribution >= 4 is 0 Å². The van der Waals surface area contributed by atoms with Crippen molar-refractivity contribution in [1.82, 2.24) is 0 Å². The summed E-state index contributed by atoms with van der Waals surface area (Å²) in [5.41, 5.74) is 2.16. The fourth-order valence-corrected chi connectivity index (χ4v) is 2.76. The summed E-state index contributed by atoms with van der Waals surface area (Å²) < 4.78 is 5.90. The molecule has 1 saturated carbocycles. The molecular weight excluding hydrogens is 236 g/mol. The van der Waals surface area contributed by atoms with Crippen LogP contribution in [0, 0.1) is 18.8 Å². The van der Waals surface area contributed by atoms with Gasteiger partial charge in [0.15, 0.2) is 0 Å². The van der Waals surface area contributed by atoms with Gasteiger partial charge in [-0.15, -0.1) is 0 Å². The molecule has 1 aromatic rings. The quantitative estimate of drug-likeness (QED) is 0.892. The van der Waals surface area contributed by atoms with Crippen molar-refractivity contribution in [2.24, 2.45) is 11.8 Å². The highest BCUT2D eigenvalue weighted by Gasteiger charge is 2.25. The Balaban J connectivity index is 1.80. The second kappa shape index (κ2) is 6.53. The van der Waals surface area contributed by atoms with E-state index in [1.54, 1.807) is 0 Å². The number of rotatable bonds is 4. The number of aliphatic hydroxyl groups is 1. The van der Waals surface area contributed by atoms with E-state index in [4.69, 9.17) is 4.74 Å². The molecule has 2 heteroatoms. The van der Waals surface area contributed by atoms with Crippen LogP contribution in [0.15, 0.2) is 24.3 Å². The van der Waals surface area contributed by atoms with Gasteiger partial charge in [0.05, 0.1) is 12.7 Å². The third-order valence-corrected chi connectivity index (χ3v) is 4.50. The molecule has 2 rings (SSSR count). The Labute approximate surface area is 116 Å². The molecule has 1 aliphatic carbocycles. The summed E-state index contributed by atoms with van der Waals surface area (Å²) in [6.07, 6.45) is 3.32. The molecule has 106 valence electrons. The molecule has 4 atom stereocenters. The Morgan fingerprint density at radius 3 is 2.47 bits per heavy atom. The van der Waals surface area contributed by atoms with E-state index in [9.17, 15) is 5.11 Å². The van der Waals surface area contributed by atoms with Gasteiger partial charge in [-0.25, -0.2) is 0 Å². The van der Waals surface area contributed by atoms with Crippen molar-refractivity contribution < 1.29 is 9.84 Å². The summed E-state index contributed by atoms with van der Waals surface area (Å²) in [5.74, 6) is 1.54. The summed E-state index contributed by atoms with van der Waals surface area (Å²) in [6, 6.07) is 8.02. The summed E-state index contributed by atoms with van der Waals surface area (Å²) in [6.45, 7) is 7.09. The van der Waals surface area contributed by atoms with Crippen molar-refractivity contribution in [3.05, 3.63) is 35.4 Å². The molecule has 4 unspecified atom stereocenters. The Morgan fingerprint density at radius 1 is 1.16 bits per heavy atom. The molecule has 1 fully saturated rings. The molecule has 1 aliphatic rings. The monoisotopic (exact) mass is 262 g/mol. The van der Waals surface area contributed by atoms with Gasteiger partial charge in [0.1, 0.15) is 6.10 Å². The zero-order valence-electron chi connectivity index (χ0n) is 12.3. The predicted molar refractivity (Wildman–Crippen MR) is 78.1 cm³/mol. The van der Waals surface area contributed by atoms with Crippen LogP contribution >= 0.6 is 0 Å². The lowest BCUT2D eigenvalue weighted by atomic mass is 9.80. The van der Waals surface area contributed by atoms with Crippen molar-refractivity contribution in [3.8, 4) is 0 Å². The van der Waals surface area contributed by atoms with Crippen LogP contribution in [-0.4, -0.2) is 17.8 Å². The number of ether oxygens (including phenoxy) is 1. The number of aliphatic hydroxyl groups excluding tert-OH is 1. The van der Waals surface area contributed by atoms with Crippen molar-refractivity contribution in [2.75, 3.05) is 6.61 Å². The smallest absolute Gasteiger partial charge is 0.102 e. The molecule has 0 aromatic heterocycles. The minimum absolute atomic E-state index is 0.325. The molecule has 19 heavy (non-hydrogen) atoms. The minimum atomic E-state index is -0.504. The average molecular weight is 262 g/mol. The van der Waals surface area contributed by atoms with Gasteiger partial charge in [0, 0.05) is 0 Å². The van der Waals surface area contributed by atoms with Gasteiger partial charge < -0.3 is 9.84 Å². The van der Waals surface area contributed by atoms with E-state index in [0.717, 1.165) is 30.2 Å². The zero-order valence-corrected chi connectivity index (χ0v) is 12.3. The molecule has 0 aliphatic heterocycles. The van der Waals surface area contributed by atoms with Crippen LogP contribution in [0.1, 0.15) is 50.3 Å². The maximum absolute atomic E-state index is 10.1. The lowest BCUT2D eigenvalue weighted by Gasteiger charge is -2.32. The average Bonchev–Trinajstić information content (AvgIpc) is 2.40. The van der Waals surface area contributed by atoms with Crippen LogP contribution < -0.4 is 0 Å². The zero-order chi connectivity index (χ0) is 13.8. The van der Waals surface area contributed by atoms with E-state index < -0.39 is 6.10 Å². The number of hydrogen-bond acceptors (Lipinski definition) is 2. The summed E-state index contributed by atoms with van der Waals surface area (Å²) in [4.78, 5) is 0. The second-order valence-corrected chi connectivity index (χ2v) is 6.15. The number of aryl methyl sites for hydroxylation is 1. The molecule has 1 aromatic carbocycles. The van der Waals surface area contributed by atoms with Gasteiger partial charge in [-0.05, 0) is 43.6 Å². The van der Waals surface area contributed by atoms with Crippen LogP contribution in [0.4, 0.5) is 0 Å². The standard InChI is InChI=1S/C17H26O2/c1-12-4-7-15(8-5-12)17(18)11-19-16-9-6-13(2)14(3)10-16/h4-5,7-8,13-14,16-18H,6,9-11H2,1-3H3. The Morgan fingerprint density at radius 2 is 1.84 bits per heavy atom. The van der Waals surface area contributed by atoms with E-state index in [2.05, 4.69) is 20.8 Å². The fraction of sp³-hybridized carbons (Fsp3) is 0.647. The number of hydrogen-bond donors (Lipinski definition) is 1. The molecule has 0 bridgehead atoms. The number of benzene rings is 1. The Kier molecular flexibility index (Phi) is 5.00. The molecule has 0 radical (unpaired) electrons. The topological polar surface area (TPSA) is 29.5 Å². The first-order valence-corrected chi connectivity index (χ1v) is 7.42. The first-order chi connectivity index (χ1) is 9.06. The van der Waals surface area contributed by atoms with Crippen molar-refractivity contribution in [3.63, 3.8) is 0 Å². The maximum atomic E-state index is 10.1. The maximum Gasteiger partial charge on any atom is 0.102 e. The molecular formula is C17H26O2. The largest absolute Gasteiger partial charge is 0.386 e. The van der Waals surface area contributed by atoms with Gasteiger partial charge >= 0.3 is 0 Å². The normalized spacial score (nSPS) is 29.2. The van der Waals surface area contributed by atoms with Gasteiger partial charge in [0.2, 0.25) is 0 Å². The highest BCUT2D eigenvalue weighted by molar-refractivity contribution is 5.23. The summed E-state index contributed by atoms with van der Waals surface area (Å²) in [5, 5.41) is 10.1. The van der Waals surface area contributed by atoms with Gasteiger partial charge in [-0.2, -0.15) is 0 Å². The Bertz CT molecular complexity index is 385. The second-order valence-electron chi connectivity index (χ2n) is 6.15. The minimum Gasteiger partial charge on any atom is -0.386 e. The van der Waals surface area contributed by atoms with E-state index in [0.29, 0.717) is 12.7 Å². The van der Waals surface area contributed by atoms with E-state index >= 15 is 0 Å². The van der Waals surface area contributed by atoms with Crippen LogP contribution in [0.2, 0.25) is 0 Å². The lowest BCUT2D eigenvalue weighted by Crippen LogP contribution is -2.28. The summed E-state index contributed by atoms with van der Waals surface area (Å²) in [7, 11) is 0. The molecule has 0 amide bonds. The SMILES string of the molecule is Cc1ccc(C(O)COC2CCC(C)C(C)C2)cc1. The molecule has 0 heterocycles. The highest BCUT2D eigenvalue weighted by atomic mass is 16.5. The first kappa shape index (κ1) is 14.5. The third-order valence-electron chi connectivity index (χ3n) is 4.50. The molecule has 0 saturated heterocycles. The van der Waals surface area contributed by atoms with Crippen molar-refractivity contribution in [2.45, 2.75) is 52.2 Å². The predicted octanol–water partition coefficient (Wildman–Crippen LogP) is 3.87. The van der Waals surface area contributed by atoms with E-state index in [-0.39, 0.29) is 0 Å². The third kappa shape index (κ3) is 4.05. The van der Waals surface area contributed by atoms with Crippen LogP contribution in [0.5, 0.6) is 0 Å². The first-order valence-electron chi connectivity index (χ1n) is 7.42. The molecule has 0 spiro atoms. The van der Waals surface area contributed by atoms with Crippen molar-refractivity contribution in [1.29, 1.82) is 0 Å². The van der Waals surface area contributed by atoms with Gasteiger partial charge in [0.25, 0.3) is 0 Å². The Hall–Kier alpha value is -0.860. The summed E-state index contributed by atoms with van der Waals surface area (Å²) >= 11 is 0.